The molecule has 1 unspecified atom stereocenters. The van der Waals surface area contributed by atoms with Gasteiger partial charge >= 0.3 is 0 Å². The standard InChI is InChI=1S/C23H33NO3/c1-14(2)27-18-8-6-16(7-9-18)20-19-12-17-13-23(19,10-11-26-20)21(22(17,4)5)24-15(3)25/h6-9,14,17,19-21H,10-13H2,1-5H3,(H,24,25)/t17-,19-,20-,21+,23?/m1/s1. The van der Waals surface area contributed by atoms with Gasteiger partial charge in [0.1, 0.15) is 5.75 Å². The van der Waals surface area contributed by atoms with Crippen LogP contribution in [0.4, 0.5) is 0 Å². The van der Waals surface area contributed by atoms with Crippen molar-refractivity contribution in [2.75, 3.05) is 6.61 Å². The Morgan fingerprint density at radius 1 is 1.26 bits per heavy atom. The summed E-state index contributed by atoms with van der Waals surface area (Å²) in [6.07, 6.45) is 3.75. The third-order valence-corrected chi connectivity index (χ3v) is 7.43. The highest BCUT2D eigenvalue weighted by Crippen LogP contribution is 2.70. The summed E-state index contributed by atoms with van der Waals surface area (Å²) < 4.78 is 12.1. The summed E-state index contributed by atoms with van der Waals surface area (Å²) in [5.74, 6) is 2.11. The van der Waals surface area contributed by atoms with Gasteiger partial charge in [0.05, 0.1) is 12.2 Å². The first-order valence-corrected chi connectivity index (χ1v) is 10.4. The molecule has 3 aliphatic rings. The molecule has 4 heteroatoms. The van der Waals surface area contributed by atoms with Crippen LogP contribution in [0.1, 0.15) is 65.5 Å². The Morgan fingerprint density at radius 2 is 1.96 bits per heavy atom. The number of amides is 1. The second-order valence-electron chi connectivity index (χ2n) is 9.71. The lowest BCUT2D eigenvalue weighted by molar-refractivity contribution is -0.136. The van der Waals surface area contributed by atoms with Crippen molar-refractivity contribution in [1.29, 1.82) is 0 Å². The van der Waals surface area contributed by atoms with Gasteiger partial charge in [-0.2, -0.15) is 0 Å². The molecule has 1 spiro atoms. The van der Waals surface area contributed by atoms with Gasteiger partial charge in [-0.1, -0.05) is 26.0 Å². The van der Waals surface area contributed by atoms with Crippen molar-refractivity contribution >= 4 is 5.91 Å². The van der Waals surface area contributed by atoms with E-state index in [0.29, 0.717) is 11.8 Å². The monoisotopic (exact) mass is 371 g/mol. The largest absolute Gasteiger partial charge is 0.491 e. The van der Waals surface area contributed by atoms with Gasteiger partial charge in [0.15, 0.2) is 0 Å². The van der Waals surface area contributed by atoms with Crippen LogP contribution in [-0.4, -0.2) is 24.7 Å². The molecule has 4 nitrogen and oxygen atoms in total. The Labute approximate surface area is 163 Å². The lowest BCUT2D eigenvalue weighted by Crippen LogP contribution is -2.58. The highest BCUT2D eigenvalue weighted by atomic mass is 16.5. The summed E-state index contributed by atoms with van der Waals surface area (Å²) >= 11 is 0. The van der Waals surface area contributed by atoms with E-state index in [1.54, 1.807) is 6.92 Å². The topological polar surface area (TPSA) is 47.6 Å². The molecule has 0 radical (unpaired) electrons. The molecule has 3 fully saturated rings. The molecule has 27 heavy (non-hydrogen) atoms. The van der Waals surface area contributed by atoms with Crippen LogP contribution < -0.4 is 10.1 Å². The van der Waals surface area contributed by atoms with E-state index in [9.17, 15) is 4.79 Å². The number of nitrogens with one attached hydrogen (secondary N) is 1. The highest BCUT2D eigenvalue weighted by Gasteiger charge is 2.68. The number of fused-ring (bicyclic) bond motifs is 1. The van der Waals surface area contributed by atoms with Gasteiger partial charge in [0.2, 0.25) is 5.91 Å². The van der Waals surface area contributed by atoms with E-state index in [2.05, 4.69) is 43.4 Å². The lowest BCUT2D eigenvalue weighted by atomic mass is 9.59. The Bertz CT molecular complexity index is 711. The molecule has 1 N–H and O–H groups in total. The van der Waals surface area contributed by atoms with E-state index in [0.717, 1.165) is 18.8 Å². The van der Waals surface area contributed by atoms with E-state index in [1.165, 1.54) is 18.4 Å². The van der Waals surface area contributed by atoms with Gasteiger partial charge in [0, 0.05) is 19.6 Å². The van der Waals surface area contributed by atoms with Crippen LogP contribution in [-0.2, 0) is 9.53 Å². The molecule has 2 saturated carbocycles. The number of carbonyl (C=O) groups is 1. The Kier molecular flexibility index (Phi) is 4.53. The van der Waals surface area contributed by atoms with Crippen molar-refractivity contribution in [3.63, 3.8) is 0 Å². The summed E-state index contributed by atoms with van der Waals surface area (Å²) in [4.78, 5) is 12.0. The fraction of sp³-hybridized carbons (Fsp3) is 0.696. The minimum absolute atomic E-state index is 0.0898. The van der Waals surface area contributed by atoms with Crippen LogP contribution in [0, 0.1) is 22.7 Å². The normalized spacial score (nSPS) is 36.5. The minimum atomic E-state index is 0.0898. The van der Waals surface area contributed by atoms with Crippen LogP contribution in [0.5, 0.6) is 5.75 Å². The molecule has 1 heterocycles. The lowest BCUT2D eigenvalue weighted by Gasteiger charge is -2.53. The van der Waals surface area contributed by atoms with Crippen LogP contribution in [0.2, 0.25) is 0 Å². The predicted molar refractivity (Wildman–Crippen MR) is 106 cm³/mol. The summed E-state index contributed by atoms with van der Waals surface area (Å²) in [7, 11) is 0. The Balaban J connectivity index is 1.62. The zero-order valence-corrected chi connectivity index (χ0v) is 17.2. The maximum absolute atomic E-state index is 12.0. The van der Waals surface area contributed by atoms with Crippen LogP contribution in [0.15, 0.2) is 24.3 Å². The van der Waals surface area contributed by atoms with Gasteiger partial charge in [-0.05, 0) is 73.5 Å². The summed E-state index contributed by atoms with van der Waals surface area (Å²) in [6.45, 7) is 11.2. The van der Waals surface area contributed by atoms with E-state index >= 15 is 0 Å². The first-order chi connectivity index (χ1) is 12.7. The molecule has 1 saturated heterocycles. The van der Waals surface area contributed by atoms with Crippen molar-refractivity contribution < 1.29 is 14.3 Å². The molecule has 1 amide bonds. The van der Waals surface area contributed by atoms with E-state index in [4.69, 9.17) is 9.47 Å². The third-order valence-electron chi connectivity index (χ3n) is 7.43. The summed E-state index contributed by atoms with van der Waals surface area (Å²) in [5, 5.41) is 3.34. The van der Waals surface area contributed by atoms with E-state index in [-0.39, 0.29) is 35.0 Å². The highest BCUT2D eigenvalue weighted by molar-refractivity contribution is 5.73. The van der Waals surface area contributed by atoms with Crippen LogP contribution in [0.3, 0.4) is 0 Å². The SMILES string of the molecule is CC(=O)N[C@H]1C(C)(C)[C@@H]2C[C@@H]3[C@@H](c4ccc(OC(C)C)cc4)OCCC31C2. The van der Waals surface area contributed by atoms with Gasteiger partial charge in [-0.15, -0.1) is 0 Å². The van der Waals surface area contributed by atoms with Gasteiger partial charge < -0.3 is 14.8 Å². The fourth-order valence-corrected chi connectivity index (χ4v) is 6.33. The Hall–Kier alpha value is -1.55. The molecule has 2 bridgehead atoms. The van der Waals surface area contributed by atoms with Crippen LogP contribution >= 0.6 is 0 Å². The number of hydrogen-bond donors (Lipinski definition) is 1. The number of benzene rings is 1. The number of rotatable bonds is 4. The summed E-state index contributed by atoms with van der Waals surface area (Å²) in [6, 6.07) is 8.67. The smallest absolute Gasteiger partial charge is 0.217 e. The van der Waals surface area contributed by atoms with Crippen molar-refractivity contribution in [3.05, 3.63) is 29.8 Å². The van der Waals surface area contributed by atoms with Crippen molar-refractivity contribution in [3.8, 4) is 5.75 Å². The zero-order chi connectivity index (χ0) is 19.4. The number of hydrogen-bond acceptors (Lipinski definition) is 3. The zero-order valence-electron chi connectivity index (χ0n) is 17.2. The molecule has 4 rings (SSSR count). The average Bonchev–Trinajstić information content (AvgIpc) is 3.08. The quantitative estimate of drug-likeness (QED) is 0.848. The van der Waals surface area contributed by atoms with Gasteiger partial charge in [-0.25, -0.2) is 0 Å². The predicted octanol–water partition coefficient (Wildman–Crippen LogP) is 4.49. The van der Waals surface area contributed by atoms with Gasteiger partial charge in [0.25, 0.3) is 0 Å². The fourth-order valence-electron chi connectivity index (χ4n) is 6.33. The van der Waals surface area contributed by atoms with Crippen molar-refractivity contribution in [2.45, 2.75) is 72.1 Å². The molecule has 5 atom stereocenters. The number of ether oxygens (including phenoxy) is 2. The van der Waals surface area contributed by atoms with Crippen LogP contribution in [0.25, 0.3) is 0 Å². The van der Waals surface area contributed by atoms with E-state index in [1.807, 2.05) is 13.8 Å². The molecule has 1 aromatic rings. The minimum Gasteiger partial charge on any atom is -0.491 e. The van der Waals surface area contributed by atoms with Crippen molar-refractivity contribution in [1.82, 2.24) is 5.32 Å². The first-order valence-electron chi connectivity index (χ1n) is 10.4. The second-order valence-corrected chi connectivity index (χ2v) is 9.71. The molecule has 1 aromatic carbocycles. The number of carbonyl (C=O) groups excluding carboxylic acids is 1. The second kappa shape index (κ2) is 6.51. The van der Waals surface area contributed by atoms with Gasteiger partial charge in [-0.3, -0.25) is 4.79 Å². The average molecular weight is 372 g/mol. The molecule has 0 aromatic heterocycles. The third kappa shape index (κ3) is 2.97. The summed E-state index contributed by atoms with van der Waals surface area (Å²) in [5.41, 5.74) is 1.55. The Morgan fingerprint density at radius 3 is 2.59 bits per heavy atom. The molecule has 148 valence electrons. The maximum Gasteiger partial charge on any atom is 0.217 e. The molecule has 1 aliphatic heterocycles. The maximum atomic E-state index is 12.0. The molecular formula is C23H33NO3. The van der Waals surface area contributed by atoms with E-state index < -0.39 is 0 Å². The van der Waals surface area contributed by atoms with Crippen molar-refractivity contribution in [2.24, 2.45) is 22.7 Å². The first kappa shape index (κ1) is 18.8. The molecule has 2 aliphatic carbocycles. The molecular weight excluding hydrogens is 338 g/mol.